The third kappa shape index (κ3) is 2.24. The van der Waals surface area contributed by atoms with Gasteiger partial charge in [0.1, 0.15) is 5.69 Å². The molecule has 24 heavy (non-hydrogen) atoms. The Bertz CT molecular complexity index is 1030. The van der Waals surface area contributed by atoms with E-state index in [0.29, 0.717) is 5.56 Å². The maximum Gasteiger partial charge on any atom is 0.282 e. The Morgan fingerprint density at radius 1 is 0.958 bits per heavy atom. The number of benzene rings is 2. The third-order valence-electron chi connectivity index (χ3n) is 4.26. The number of hydrogen-bond acceptors (Lipinski definition) is 2. The summed E-state index contributed by atoms with van der Waals surface area (Å²) >= 11 is 0. The molecule has 0 bridgehead atoms. The Hall–Kier alpha value is -3.14. The summed E-state index contributed by atoms with van der Waals surface area (Å²) in [7, 11) is 0. The maximum absolute atomic E-state index is 12.8. The standard InChI is InChI=1S/C20H17N3O/c1-13-8-10-16(11-9-13)23-20(24)17-12-21-14(2)18(19(17)22-23)15-6-4-3-5-7-15/h3-12,21H,1-2H3. The van der Waals surface area contributed by atoms with Crippen LogP contribution in [0.1, 0.15) is 11.3 Å². The highest BCUT2D eigenvalue weighted by Crippen LogP contribution is 2.32. The minimum absolute atomic E-state index is 0.109. The Morgan fingerprint density at radius 3 is 2.38 bits per heavy atom. The van der Waals surface area contributed by atoms with E-state index >= 15 is 0 Å². The van der Waals surface area contributed by atoms with Crippen LogP contribution in [0, 0.1) is 13.8 Å². The molecule has 2 aliphatic rings. The molecule has 0 amide bonds. The van der Waals surface area contributed by atoms with Gasteiger partial charge in [-0.3, -0.25) is 4.79 Å². The molecular weight excluding hydrogens is 298 g/mol. The predicted molar refractivity (Wildman–Crippen MR) is 95.7 cm³/mol. The molecule has 4 nitrogen and oxygen atoms in total. The molecule has 1 N–H and O–H groups in total. The molecule has 0 saturated carbocycles. The van der Waals surface area contributed by atoms with Crippen molar-refractivity contribution in [2.75, 3.05) is 0 Å². The van der Waals surface area contributed by atoms with Gasteiger partial charge in [-0.15, -0.1) is 0 Å². The number of rotatable bonds is 2. The Labute approximate surface area is 139 Å². The molecule has 4 heteroatoms. The molecular formula is C20H17N3O. The van der Waals surface area contributed by atoms with Crippen molar-refractivity contribution < 1.29 is 0 Å². The van der Waals surface area contributed by atoms with E-state index in [0.717, 1.165) is 33.8 Å². The lowest BCUT2D eigenvalue weighted by Gasteiger charge is -2.09. The van der Waals surface area contributed by atoms with Gasteiger partial charge in [-0.2, -0.15) is 9.78 Å². The minimum Gasteiger partial charge on any atom is -0.364 e. The number of pyridine rings is 1. The quantitative estimate of drug-likeness (QED) is 0.609. The minimum atomic E-state index is -0.109. The number of hydrogen-bond donors (Lipinski definition) is 1. The largest absolute Gasteiger partial charge is 0.364 e. The molecule has 0 fully saturated rings. The van der Waals surface area contributed by atoms with Crippen LogP contribution in [0.15, 0.2) is 65.6 Å². The summed E-state index contributed by atoms with van der Waals surface area (Å²) in [6.45, 7) is 4.02. The van der Waals surface area contributed by atoms with Crippen molar-refractivity contribution in [1.82, 2.24) is 14.8 Å². The molecule has 0 aliphatic carbocycles. The second-order valence-corrected chi connectivity index (χ2v) is 5.97. The SMILES string of the molecule is Cc1ccc(-n2nc3c(-c4ccccc4)c(C)[nH]cc-3c2=O)cc1. The molecule has 0 atom stereocenters. The number of aryl methyl sites for hydroxylation is 2. The van der Waals surface area contributed by atoms with Crippen LogP contribution >= 0.6 is 0 Å². The monoisotopic (exact) mass is 315 g/mol. The van der Waals surface area contributed by atoms with Crippen molar-refractivity contribution in [2.24, 2.45) is 0 Å². The van der Waals surface area contributed by atoms with Crippen LogP contribution in [0.3, 0.4) is 0 Å². The zero-order valence-electron chi connectivity index (χ0n) is 13.6. The molecule has 0 aromatic heterocycles. The van der Waals surface area contributed by atoms with E-state index in [-0.39, 0.29) is 5.56 Å². The molecule has 2 heterocycles. The summed E-state index contributed by atoms with van der Waals surface area (Å²) in [4.78, 5) is 16.0. The molecule has 0 spiro atoms. The number of fused-ring (bicyclic) bond motifs is 1. The van der Waals surface area contributed by atoms with E-state index in [9.17, 15) is 4.79 Å². The van der Waals surface area contributed by atoms with Gasteiger partial charge < -0.3 is 4.98 Å². The molecule has 2 aliphatic heterocycles. The number of nitrogens with zero attached hydrogens (tertiary/aromatic N) is 2. The van der Waals surface area contributed by atoms with Crippen molar-refractivity contribution in [3.63, 3.8) is 0 Å². The summed E-state index contributed by atoms with van der Waals surface area (Å²) in [5.74, 6) is 0. The van der Waals surface area contributed by atoms with Gasteiger partial charge in [-0.05, 0) is 31.5 Å². The lowest BCUT2D eigenvalue weighted by Crippen LogP contribution is -2.14. The van der Waals surface area contributed by atoms with Gasteiger partial charge in [0, 0.05) is 17.5 Å². The topological polar surface area (TPSA) is 50.7 Å². The van der Waals surface area contributed by atoms with Crippen LogP contribution in [0.5, 0.6) is 0 Å². The highest BCUT2D eigenvalue weighted by atomic mass is 16.1. The van der Waals surface area contributed by atoms with Gasteiger partial charge in [0.15, 0.2) is 0 Å². The summed E-state index contributed by atoms with van der Waals surface area (Å²) in [5.41, 5.74) is 6.14. The first kappa shape index (κ1) is 14.5. The molecule has 4 rings (SSSR count). The van der Waals surface area contributed by atoms with Crippen molar-refractivity contribution in [1.29, 1.82) is 0 Å². The zero-order chi connectivity index (χ0) is 16.7. The second kappa shape index (κ2) is 5.49. The first-order valence-corrected chi connectivity index (χ1v) is 7.88. The van der Waals surface area contributed by atoms with E-state index in [1.165, 1.54) is 4.68 Å². The fraction of sp³-hybridized carbons (Fsp3) is 0.100. The van der Waals surface area contributed by atoms with E-state index in [2.05, 4.69) is 10.1 Å². The molecule has 0 radical (unpaired) electrons. The summed E-state index contributed by atoms with van der Waals surface area (Å²) in [6.07, 6.45) is 1.75. The van der Waals surface area contributed by atoms with Crippen molar-refractivity contribution >= 4 is 0 Å². The summed E-state index contributed by atoms with van der Waals surface area (Å²) in [6, 6.07) is 17.8. The van der Waals surface area contributed by atoms with Gasteiger partial charge in [0.05, 0.1) is 11.3 Å². The first-order chi connectivity index (χ1) is 11.6. The lowest BCUT2D eigenvalue weighted by atomic mass is 9.99. The highest BCUT2D eigenvalue weighted by Gasteiger charge is 2.21. The summed E-state index contributed by atoms with van der Waals surface area (Å²) in [5, 5.41) is 4.63. The Morgan fingerprint density at radius 2 is 1.67 bits per heavy atom. The normalized spacial score (nSPS) is 11.1. The average molecular weight is 315 g/mol. The van der Waals surface area contributed by atoms with Crippen LogP contribution < -0.4 is 5.56 Å². The van der Waals surface area contributed by atoms with E-state index in [1.54, 1.807) is 6.20 Å². The Balaban J connectivity index is 2.00. The van der Waals surface area contributed by atoms with Gasteiger partial charge >= 0.3 is 0 Å². The van der Waals surface area contributed by atoms with Gasteiger partial charge in [-0.1, -0.05) is 48.0 Å². The van der Waals surface area contributed by atoms with Crippen molar-refractivity contribution in [2.45, 2.75) is 13.8 Å². The zero-order valence-corrected chi connectivity index (χ0v) is 13.6. The number of H-pyrrole nitrogens is 1. The number of nitrogens with one attached hydrogen (secondary N) is 1. The fourth-order valence-electron chi connectivity index (χ4n) is 2.98. The number of aromatic amines is 1. The molecule has 2 aromatic rings. The van der Waals surface area contributed by atoms with E-state index < -0.39 is 0 Å². The van der Waals surface area contributed by atoms with E-state index in [1.807, 2.05) is 68.4 Å². The van der Waals surface area contributed by atoms with E-state index in [4.69, 9.17) is 0 Å². The average Bonchev–Trinajstić information content (AvgIpc) is 2.93. The van der Waals surface area contributed by atoms with Crippen LogP contribution in [-0.2, 0) is 0 Å². The van der Waals surface area contributed by atoms with Gasteiger partial charge in [0.25, 0.3) is 5.56 Å². The molecule has 0 unspecified atom stereocenters. The van der Waals surface area contributed by atoms with Crippen LogP contribution in [-0.4, -0.2) is 14.8 Å². The fourth-order valence-corrected chi connectivity index (χ4v) is 2.98. The Kier molecular flexibility index (Phi) is 3.31. The summed E-state index contributed by atoms with van der Waals surface area (Å²) < 4.78 is 1.48. The number of aromatic nitrogens is 3. The molecule has 118 valence electrons. The van der Waals surface area contributed by atoms with Crippen LogP contribution in [0.4, 0.5) is 0 Å². The third-order valence-corrected chi connectivity index (χ3v) is 4.26. The first-order valence-electron chi connectivity index (χ1n) is 7.88. The lowest BCUT2D eigenvalue weighted by molar-refractivity contribution is 0.857. The smallest absolute Gasteiger partial charge is 0.282 e. The van der Waals surface area contributed by atoms with Gasteiger partial charge in [0.2, 0.25) is 0 Å². The second-order valence-electron chi connectivity index (χ2n) is 5.97. The molecule has 2 aromatic carbocycles. The van der Waals surface area contributed by atoms with Gasteiger partial charge in [-0.25, -0.2) is 0 Å². The van der Waals surface area contributed by atoms with Crippen molar-refractivity contribution in [3.8, 4) is 28.1 Å². The van der Waals surface area contributed by atoms with Crippen LogP contribution in [0.25, 0.3) is 28.1 Å². The van der Waals surface area contributed by atoms with Crippen LogP contribution in [0.2, 0.25) is 0 Å². The van der Waals surface area contributed by atoms with Crippen molar-refractivity contribution in [3.05, 3.63) is 82.4 Å². The maximum atomic E-state index is 12.8. The predicted octanol–water partition coefficient (Wildman–Crippen LogP) is 3.95. The molecule has 0 saturated heterocycles. The highest BCUT2D eigenvalue weighted by molar-refractivity contribution is 5.82.